The van der Waals surface area contributed by atoms with Crippen LogP contribution in [0, 0.1) is 17.8 Å². The molecular formula is C19H25NO3. The lowest BCUT2D eigenvalue weighted by atomic mass is 9.86. The Morgan fingerprint density at radius 1 is 1.22 bits per heavy atom. The summed E-state index contributed by atoms with van der Waals surface area (Å²) in [5, 5.41) is 2.82. The van der Waals surface area contributed by atoms with E-state index in [4.69, 9.17) is 4.74 Å². The van der Waals surface area contributed by atoms with Gasteiger partial charge >= 0.3 is 5.97 Å². The van der Waals surface area contributed by atoms with Crippen LogP contribution >= 0.6 is 0 Å². The molecule has 2 saturated carbocycles. The fraction of sp³-hybridized carbons (Fsp3) is 0.579. The number of ether oxygens (including phenoxy) is 1. The second-order valence-corrected chi connectivity index (χ2v) is 6.86. The van der Waals surface area contributed by atoms with E-state index in [0.717, 1.165) is 30.0 Å². The lowest BCUT2D eigenvalue weighted by Gasteiger charge is -2.20. The second kappa shape index (κ2) is 7.16. The van der Waals surface area contributed by atoms with Crippen LogP contribution in [0.25, 0.3) is 0 Å². The van der Waals surface area contributed by atoms with Crippen molar-refractivity contribution in [2.24, 2.45) is 17.8 Å². The average molecular weight is 315 g/mol. The molecule has 3 rings (SSSR count). The van der Waals surface area contributed by atoms with Gasteiger partial charge in [-0.15, -0.1) is 0 Å². The summed E-state index contributed by atoms with van der Waals surface area (Å²) >= 11 is 0. The monoisotopic (exact) mass is 315 g/mol. The van der Waals surface area contributed by atoms with Crippen LogP contribution in [-0.4, -0.2) is 18.5 Å². The van der Waals surface area contributed by atoms with Crippen molar-refractivity contribution in [3.8, 4) is 0 Å². The zero-order chi connectivity index (χ0) is 16.2. The Kier molecular flexibility index (Phi) is 4.99. The quantitative estimate of drug-likeness (QED) is 0.817. The van der Waals surface area contributed by atoms with E-state index < -0.39 is 0 Å². The number of fused-ring (bicyclic) bond motifs is 2. The molecule has 4 heteroatoms. The Morgan fingerprint density at radius 3 is 2.74 bits per heavy atom. The standard InChI is InChI=1S/C19H25NO3/c1-2-14-5-3-4-6-17(14)20-18(21)12-23-19(22)11-16-10-13-7-8-15(16)9-13/h3-6,13,15-16H,2,7-12H2,1H3,(H,20,21)/t13-,15-,16+/m1/s1. The first-order chi connectivity index (χ1) is 11.2. The van der Waals surface area contributed by atoms with Crippen molar-refractivity contribution in [1.82, 2.24) is 0 Å². The van der Waals surface area contributed by atoms with Crippen LogP contribution < -0.4 is 5.32 Å². The minimum atomic E-state index is -0.271. The highest BCUT2D eigenvalue weighted by atomic mass is 16.5. The summed E-state index contributed by atoms with van der Waals surface area (Å²) in [4.78, 5) is 23.9. The van der Waals surface area contributed by atoms with Gasteiger partial charge in [-0.2, -0.15) is 0 Å². The Balaban J connectivity index is 1.42. The summed E-state index contributed by atoms with van der Waals surface area (Å²) in [6, 6.07) is 7.68. The van der Waals surface area contributed by atoms with Crippen molar-refractivity contribution in [2.45, 2.75) is 45.4 Å². The third kappa shape index (κ3) is 3.92. The zero-order valence-corrected chi connectivity index (χ0v) is 13.7. The predicted octanol–water partition coefficient (Wildman–Crippen LogP) is 3.56. The van der Waals surface area contributed by atoms with Gasteiger partial charge in [-0.25, -0.2) is 0 Å². The van der Waals surface area contributed by atoms with Crippen LogP contribution in [0.1, 0.15) is 44.6 Å². The lowest BCUT2D eigenvalue weighted by molar-refractivity contribution is -0.148. The summed E-state index contributed by atoms with van der Waals surface area (Å²) in [5.74, 6) is 1.50. The Bertz CT molecular complexity index is 584. The molecule has 1 amide bonds. The van der Waals surface area contributed by atoms with Crippen LogP contribution in [0.4, 0.5) is 5.69 Å². The number of rotatable bonds is 6. The normalized spacial score (nSPS) is 25.3. The van der Waals surface area contributed by atoms with Crippen LogP contribution in [0.15, 0.2) is 24.3 Å². The molecule has 0 unspecified atom stereocenters. The first-order valence-electron chi connectivity index (χ1n) is 8.69. The Hall–Kier alpha value is -1.84. The summed E-state index contributed by atoms with van der Waals surface area (Å²) in [5.41, 5.74) is 1.87. The minimum Gasteiger partial charge on any atom is -0.456 e. The minimum absolute atomic E-state index is 0.197. The molecule has 0 spiro atoms. The molecule has 0 radical (unpaired) electrons. The van der Waals surface area contributed by atoms with Crippen LogP contribution in [0.5, 0.6) is 0 Å². The van der Waals surface area contributed by atoms with Crippen molar-refractivity contribution in [3.63, 3.8) is 0 Å². The Labute approximate surface area is 137 Å². The van der Waals surface area contributed by atoms with E-state index in [2.05, 4.69) is 5.32 Å². The summed E-state index contributed by atoms with van der Waals surface area (Å²) < 4.78 is 5.17. The maximum absolute atomic E-state index is 12.0. The van der Waals surface area contributed by atoms with Crippen LogP contribution in [0.2, 0.25) is 0 Å². The van der Waals surface area contributed by atoms with E-state index in [9.17, 15) is 9.59 Å². The van der Waals surface area contributed by atoms with Crippen molar-refractivity contribution in [2.75, 3.05) is 11.9 Å². The smallest absolute Gasteiger partial charge is 0.306 e. The molecule has 23 heavy (non-hydrogen) atoms. The maximum Gasteiger partial charge on any atom is 0.306 e. The van der Waals surface area contributed by atoms with Crippen LogP contribution in [-0.2, 0) is 20.7 Å². The van der Waals surface area contributed by atoms with Gasteiger partial charge in [0.15, 0.2) is 6.61 Å². The number of carbonyl (C=O) groups excluding carboxylic acids is 2. The van der Waals surface area contributed by atoms with E-state index in [1.54, 1.807) is 0 Å². The third-order valence-corrected chi connectivity index (χ3v) is 5.35. The van der Waals surface area contributed by atoms with E-state index in [0.29, 0.717) is 18.3 Å². The summed E-state index contributed by atoms with van der Waals surface area (Å²) in [7, 11) is 0. The molecule has 1 aromatic carbocycles. The number of anilines is 1. The highest BCUT2D eigenvalue weighted by molar-refractivity contribution is 5.93. The van der Waals surface area contributed by atoms with Crippen molar-refractivity contribution in [3.05, 3.63) is 29.8 Å². The van der Waals surface area contributed by atoms with E-state index in [-0.39, 0.29) is 18.5 Å². The number of para-hydroxylation sites is 1. The summed E-state index contributed by atoms with van der Waals surface area (Å²) in [6.07, 6.45) is 6.36. The number of benzene rings is 1. The maximum atomic E-state index is 12.0. The van der Waals surface area contributed by atoms with Gasteiger partial charge in [-0.3, -0.25) is 9.59 Å². The first kappa shape index (κ1) is 16.0. The second-order valence-electron chi connectivity index (χ2n) is 6.86. The molecule has 0 aromatic heterocycles. The topological polar surface area (TPSA) is 55.4 Å². The average Bonchev–Trinajstić information content (AvgIpc) is 3.16. The third-order valence-electron chi connectivity index (χ3n) is 5.35. The van der Waals surface area contributed by atoms with Gasteiger partial charge in [0.1, 0.15) is 0 Å². The molecule has 3 atom stereocenters. The van der Waals surface area contributed by atoms with Crippen molar-refractivity contribution >= 4 is 17.6 Å². The predicted molar refractivity (Wildman–Crippen MR) is 89.0 cm³/mol. The molecule has 0 saturated heterocycles. The lowest BCUT2D eigenvalue weighted by Crippen LogP contribution is -2.23. The number of amides is 1. The highest BCUT2D eigenvalue weighted by Gasteiger charge is 2.40. The molecular weight excluding hydrogens is 290 g/mol. The number of aryl methyl sites for hydroxylation is 1. The molecule has 1 N–H and O–H groups in total. The fourth-order valence-electron chi connectivity index (χ4n) is 4.18. The van der Waals surface area contributed by atoms with Gasteiger partial charge in [0.05, 0.1) is 0 Å². The summed E-state index contributed by atoms with van der Waals surface area (Å²) in [6.45, 7) is 1.85. The van der Waals surface area contributed by atoms with Gasteiger partial charge in [0, 0.05) is 12.1 Å². The number of hydrogen-bond donors (Lipinski definition) is 1. The van der Waals surface area contributed by atoms with E-state index in [1.807, 2.05) is 31.2 Å². The number of esters is 1. The van der Waals surface area contributed by atoms with Crippen molar-refractivity contribution < 1.29 is 14.3 Å². The largest absolute Gasteiger partial charge is 0.456 e. The van der Waals surface area contributed by atoms with E-state index in [1.165, 1.54) is 19.3 Å². The zero-order valence-electron chi connectivity index (χ0n) is 13.7. The van der Waals surface area contributed by atoms with Gasteiger partial charge in [-0.1, -0.05) is 31.5 Å². The molecule has 2 bridgehead atoms. The number of carbonyl (C=O) groups is 2. The first-order valence-corrected chi connectivity index (χ1v) is 8.69. The van der Waals surface area contributed by atoms with Gasteiger partial charge in [-0.05, 0) is 55.1 Å². The number of nitrogens with one attached hydrogen (secondary N) is 1. The van der Waals surface area contributed by atoms with Gasteiger partial charge in [0.2, 0.25) is 0 Å². The van der Waals surface area contributed by atoms with Crippen molar-refractivity contribution in [1.29, 1.82) is 0 Å². The van der Waals surface area contributed by atoms with Crippen LogP contribution in [0.3, 0.4) is 0 Å². The molecule has 2 aliphatic carbocycles. The molecule has 4 nitrogen and oxygen atoms in total. The molecule has 2 aliphatic rings. The SMILES string of the molecule is CCc1ccccc1NC(=O)COC(=O)C[C@@H]1C[C@@H]2CC[C@@H]1C2. The fourth-order valence-corrected chi connectivity index (χ4v) is 4.18. The molecule has 0 aliphatic heterocycles. The molecule has 1 aromatic rings. The number of hydrogen-bond acceptors (Lipinski definition) is 3. The van der Waals surface area contributed by atoms with E-state index >= 15 is 0 Å². The van der Waals surface area contributed by atoms with Gasteiger partial charge < -0.3 is 10.1 Å². The molecule has 2 fully saturated rings. The molecule has 0 heterocycles. The molecule has 124 valence electrons. The highest BCUT2D eigenvalue weighted by Crippen LogP contribution is 2.49. The van der Waals surface area contributed by atoms with Gasteiger partial charge in [0.25, 0.3) is 5.91 Å². The Morgan fingerprint density at radius 2 is 2.04 bits per heavy atom.